The Balaban J connectivity index is 1.69. The van der Waals surface area contributed by atoms with E-state index in [0.29, 0.717) is 17.1 Å². The van der Waals surface area contributed by atoms with E-state index in [2.05, 4.69) is 34.5 Å². The maximum Gasteiger partial charge on any atom is 0.254 e. The summed E-state index contributed by atoms with van der Waals surface area (Å²) in [5, 5.41) is 8.69. The fourth-order valence-corrected chi connectivity index (χ4v) is 3.55. The van der Waals surface area contributed by atoms with Crippen molar-refractivity contribution in [3.8, 4) is 11.3 Å². The van der Waals surface area contributed by atoms with Crippen molar-refractivity contribution in [2.75, 3.05) is 0 Å². The predicted octanol–water partition coefficient (Wildman–Crippen LogP) is 4.46. The second-order valence-corrected chi connectivity index (χ2v) is 7.00. The Morgan fingerprint density at radius 3 is 2.74 bits per heavy atom. The first-order valence-corrected chi connectivity index (χ1v) is 9.03. The number of halogens is 1. The highest BCUT2D eigenvalue weighted by molar-refractivity contribution is 6.31. The van der Waals surface area contributed by atoms with Gasteiger partial charge in [-0.05, 0) is 35.7 Å². The molecule has 2 N–H and O–H groups in total. The first-order valence-electron chi connectivity index (χ1n) is 8.66. The quantitative estimate of drug-likeness (QED) is 0.550. The molecule has 2 heterocycles. The smallest absolute Gasteiger partial charge is 0.254 e. The summed E-state index contributed by atoms with van der Waals surface area (Å²) in [5.74, 6) is -0.164. The summed E-state index contributed by atoms with van der Waals surface area (Å²) in [4.78, 5) is 15.9. The monoisotopic (exact) mass is 378 g/mol. The van der Waals surface area contributed by atoms with Gasteiger partial charge in [0.05, 0.1) is 17.3 Å². The van der Waals surface area contributed by atoms with E-state index >= 15 is 0 Å². The largest absolute Gasteiger partial charge is 0.354 e. The molecule has 0 aliphatic carbocycles. The zero-order valence-electron chi connectivity index (χ0n) is 15.1. The number of aromatic nitrogens is 3. The summed E-state index contributed by atoms with van der Waals surface area (Å²) >= 11 is 6.35. The number of aromatic amines is 1. The summed E-state index contributed by atoms with van der Waals surface area (Å²) in [6.07, 6.45) is 3.24. The number of hydrogen-bond acceptors (Lipinski definition) is 2. The van der Waals surface area contributed by atoms with Gasteiger partial charge in [-0.1, -0.05) is 41.9 Å². The van der Waals surface area contributed by atoms with Crippen LogP contribution in [0, 0.1) is 6.92 Å². The van der Waals surface area contributed by atoms with E-state index in [4.69, 9.17) is 11.6 Å². The fraction of sp³-hybridized carbons (Fsp3) is 0.143. The Bertz CT molecular complexity index is 1130. The lowest BCUT2D eigenvalue weighted by atomic mass is 10.1. The Labute approximate surface area is 162 Å². The van der Waals surface area contributed by atoms with E-state index in [-0.39, 0.29) is 5.91 Å². The van der Waals surface area contributed by atoms with Gasteiger partial charge in [0.15, 0.2) is 0 Å². The highest BCUT2D eigenvalue weighted by Gasteiger charge is 2.15. The molecule has 2 aromatic heterocycles. The van der Waals surface area contributed by atoms with Crippen LogP contribution in [0.1, 0.15) is 21.5 Å². The average Bonchev–Trinajstić information content (AvgIpc) is 3.24. The van der Waals surface area contributed by atoms with E-state index in [1.54, 1.807) is 24.1 Å². The zero-order chi connectivity index (χ0) is 19.0. The van der Waals surface area contributed by atoms with Gasteiger partial charge in [-0.15, -0.1) is 0 Å². The molecule has 27 heavy (non-hydrogen) atoms. The molecule has 0 aliphatic rings. The first kappa shape index (κ1) is 17.4. The number of H-pyrrole nitrogens is 1. The Morgan fingerprint density at radius 1 is 1.26 bits per heavy atom. The molecule has 5 nitrogen and oxygen atoms in total. The Kier molecular flexibility index (Phi) is 4.46. The number of amides is 1. The topological polar surface area (TPSA) is 62.7 Å². The molecule has 0 atom stereocenters. The van der Waals surface area contributed by atoms with Crippen molar-refractivity contribution in [2.24, 2.45) is 7.05 Å². The molecule has 0 bridgehead atoms. The molecule has 4 rings (SSSR count). The number of nitrogens with one attached hydrogen (secondary N) is 2. The minimum absolute atomic E-state index is 0.164. The molecule has 0 aliphatic heterocycles. The summed E-state index contributed by atoms with van der Waals surface area (Å²) in [6, 6.07) is 14.0. The Hall–Kier alpha value is -3.05. The second-order valence-electron chi connectivity index (χ2n) is 6.56. The number of fused-ring (bicyclic) bond motifs is 1. The van der Waals surface area contributed by atoms with Crippen LogP contribution in [0.5, 0.6) is 0 Å². The van der Waals surface area contributed by atoms with Gasteiger partial charge < -0.3 is 10.3 Å². The van der Waals surface area contributed by atoms with Gasteiger partial charge in [0, 0.05) is 35.9 Å². The van der Waals surface area contributed by atoms with Crippen molar-refractivity contribution in [3.05, 3.63) is 76.6 Å². The number of carbonyl (C=O) groups is 1. The molecule has 0 saturated heterocycles. The molecule has 6 heteroatoms. The third kappa shape index (κ3) is 3.34. The van der Waals surface area contributed by atoms with E-state index in [0.717, 1.165) is 33.3 Å². The standard InChI is InChI=1S/C21H19ClN4O/c1-13-18-9-17(22)8-15(10-23-21(27)16-11-24-26(2)12-16)20(18)25-19(13)14-6-4-3-5-7-14/h3-9,11-12,25H,10H2,1-2H3,(H,23,27). The van der Waals surface area contributed by atoms with E-state index in [9.17, 15) is 4.79 Å². The van der Waals surface area contributed by atoms with Crippen molar-refractivity contribution in [1.29, 1.82) is 0 Å². The van der Waals surface area contributed by atoms with Gasteiger partial charge in [0.1, 0.15) is 0 Å². The van der Waals surface area contributed by atoms with Crippen molar-refractivity contribution < 1.29 is 4.79 Å². The SMILES string of the molecule is Cc1c(-c2ccccc2)[nH]c2c(CNC(=O)c3cnn(C)c3)cc(Cl)cc12. The number of hydrogen-bond donors (Lipinski definition) is 2. The summed E-state index contributed by atoms with van der Waals surface area (Å²) < 4.78 is 1.60. The van der Waals surface area contributed by atoms with Crippen LogP contribution in [0.15, 0.2) is 54.9 Å². The van der Waals surface area contributed by atoms with Crippen molar-refractivity contribution >= 4 is 28.4 Å². The van der Waals surface area contributed by atoms with E-state index in [1.807, 2.05) is 30.3 Å². The molecular weight excluding hydrogens is 360 g/mol. The number of rotatable bonds is 4. The van der Waals surface area contributed by atoms with Crippen molar-refractivity contribution in [1.82, 2.24) is 20.1 Å². The number of aryl methyl sites for hydroxylation is 2. The lowest BCUT2D eigenvalue weighted by Crippen LogP contribution is -2.22. The van der Waals surface area contributed by atoms with Crippen LogP contribution in [0.25, 0.3) is 22.2 Å². The molecule has 0 spiro atoms. The minimum Gasteiger partial charge on any atom is -0.354 e. The van der Waals surface area contributed by atoms with Crippen LogP contribution >= 0.6 is 11.6 Å². The molecule has 136 valence electrons. The highest BCUT2D eigenvalue weighted by atomic mass is 35.5. The van der Waals surface area contributed by atoms with Crippen LogP contribution in [-0.2, 0) is 13.6 Å². The van der Waals surface area contributed by atoms with Gasteiger partial charge in [-0.2, -0.15) is 5.10 Å². The van der Waals surface area contributed by atoms with Gasteiger partial charge in [0.2, 0.25) is 0 Å². The molecule has 2 aromatic carbocycles. The average molecular weight is 379 g/mol. The van der Waals surface area contributed by atoms with Crippen molar-refractivity contribution in [2.45, 2.75) is 13.5 Å². The van der Waals surface area contributed by atoms with Crippen LogP contribution in [0.3, 0.4) is 0 Å². The summed E-state index contributed by atoms with van der Waals surface area (Å²) in [7, 11) is 1.78. The van der Waals surface area contributed by atoms with E-state index in [1.165, 1.54) is 0 Å². The maximum atomic E-state index is 12.3. The van der Waals surface area contributed by atoms with E-state index < -0.39 is 0 Å². The minimum atomic E-state index is -0.164. The lowest BCUT2D eigenvalue weighted by molar-refractivity contribution is 0.0951. The number of carbonyl (C=O) groups excluding carboxylic acids is 1. The fourth-order valence-electron chi connectivity index (χ4n) is 3.31. The predicted molar refractivity (Wildman–Crippen MR) is 108 cm³/mol. The van der Waals surface area contributed by atoms with Crippen LogP contribution in [-0.4, -0.2) is 20.7 Å². The molecule has 0 fully saturated rings. The number of nitrogens with zero attached hydrogens (tertiary/aromatic N) is 2. The molecule has 4 aromatic rings. The van der Waals surface area contributed by atoms with Crippen molar-refractivity contribution in [3.63, 3.8) is 0 Å². The molecule has 0 radical (unpaired) electrons. The van der Waals surface area contributed by atoms with Gasteiger partial charge in [0.25, 0.3) is 5.91 Å². The number of benzene rings is 2. The third-order valence-corrected chi connectivity index (χ3v) is 4.90. The van der Waals surface area contributed by atoms with Crippen LogP contribution < -0.4 is 5.32 Å². The maximum absolute atomic E-state index is 12.3. The normalized spacial score (nSPS) is 11.1. The molecule has 1 amide bonds. The lowest BCUT2D eigenvalue weighted by Gasteiger charge is -2.07. The molecule has 0 saturated carbocycles. The molecular formula is C21H19ClN4O. The van der Waals surface area contributed by atoms with Crippen LogP contribution in [0.4, 0.5) is 0 Å². The second kappa shape index (κ2) is 6.93. The van der Waals surface area contributed by atoms with Gasteiger partial charge in [-0.25, -0.2) is 0 Å². The third-order valence-electron chi connectivity index (χ3n) is 4.68. The molecule has 0 unspecified atom stereocenters. The van der Waals surface area contributed by atoms with Crippen LogP contribution in [0.2, 0.25) is 5.02 Å². The van der Waals surface area contributed by atoms with Gasteiger partial charge >= 0.3 is 0 Å². The summed E-state index contributed by atoms with van der Waals surface area (Å²) in [6.45, 7) is 2.45. The zero-order valence-corrected chi connectivity index (χ0v) is 15.8. The Morgan fingerprint density at radius 2 is 2.04 bits per heavy atom. The summed E-state index contributed by atoms with van der Waals surface area (Å²) in [5.41, 5.74) is 5.78. The highest BCUT2D eigenvalue weighted by Crippen LogP contribution is 2.33. The first-order chi connectivity index (χ1) is 13.0. The van der Waals surface area contributed by atoms with Gasteiger partial charge in [-0.3, -0.25) is 9.48 Å².